The molecule has 0 saturated carbocycles. The van der Waals surface area contributed by atoms with Crippen molar-refractivity contribution in [1.82, 2.24) is 0 Å². The predicted octanol–water partition coefficient (Wildman–Crippen LogP) is 0.815. The SMILES string of the molecule is CC(N)c1cccc(O)c1S(C)(=O)=O. The molecule has 0 aliphatic rings. The number of phenols is 1. The number of phenolic OH excluding ortho intramolecular Hbond substituents is 1. The van der Waals surface area contributed by atoms with Gasteiger partial charge in [-0.2, -0.15) is 0 Å². The van der Waals surface area contributed by atoms with Gasteiger partial charge < -0.3 is 10.8 Å². The molecule has 0 aliphatic heterocycles. The number of rotatable bonds is 2. The molecule has 1 unspecified atom stereocenters. The highest BCUT2D eigenvalue weighted by Crippen LogP contribution is 2.29. The van der Waals surface area contributed by atoms with E-state index in [9.17, 15) is 13.5 Å². The van der Waals surface area contributed by atoms with E-state index in [4.69, 9.17) is 5.73 Å². The van der Waals surface area contributed by atoms with Gasteiger partial charge in [0.25, 0.3) is 0 Å². The molecular weight excluding hydrogens is 202 g/mol. The molecule has 0 aliphatic carbocycles. The van der Waals surface area contributed by atoms with Crippen molar-refractivity contribution in [2.24, 2.45) is 5.73 Å². The zero-order chi connectivity index (χ0) is 10.9. The second-order valence-corrected chi connectivity index (χ2v) is 5.21. The largest absolute Gasteiger partial charge is 0.507 e. The van der Waals surface area contributed by atoms with Crippen LogP contribution in [0.4, 0.5) is 0 Å². The first-order valence-corrected chi connectivity index (χ1v) is 6.00. The Kier molecular flexibility index (Phi) is 2.82. The normalized spacial score (nSPS) is 13.9. The van der Waals surface area contributed by atoms with Crippen LogP contribution in [0, 0.1) is 0 Å². The minimum Gasteiger partial charge on any atom is -0.507 e. The summed E-state index contributed by atoms with van der Waals surface area (Å²) < 4.78 is 22.7. The first-order chi connectivity index (χ1) is 6.34. The van der Waals surface area contributed by atoms with E-state index in [-0.39, 0.29) is 10.6 Å². The van der Waals surface area contributed by atoms with Gasteiger partial charge in [-0.1, -0.05) is 12.1 Å². The van der Waals surface area contributed by atoms with Crippen molar-refractivity contribution < 1.29 is 13.5 Å². The van der Waals surface area contributed by atoms with Gasteiger partial charge in [0.05, 0.1) is 0 Å². The van der Waals surface area contributed by atoms with E-state index in [1.54, 1.807) is 19.1 Å². The van der Waals surface area contributed by atoms with Crippen molar-refractivity contribution >= 4 is 9.84 Å². The van der Waals surface area contributed by atoms with Crippen molar-refractivity contribution in [3.8, 4) is 5.75 Å². The first kappa shape index (κ1) is 11.0. The maximum Gasteiger partial charge on any atom is 0.179 e. The van der Waals surface area contributed by atoms with E-state index in [0.29, 0.717) is 5.56 Å². The smallest absolute Gasteiger partial charge is 0.179 e. The molecule has 14 heavy (non-hydrogen) atoms. The first-order valence-electron chi connectivity index (χ1n) is 4.11. The summed E-state index contributed by atoms with van der Waals surface area (Å²) in [6.45, 7) is 1.67. The Bertz CT molecular complexity index is 437. The van der Waals surface area contributed by atoms with Gasteiger partial charge >= 0.3 is 0 Å². The van der Waals surface area contributed by atoms with Crippen molar-refractivity contribution in [2.75, 3.05) is 6.26 Å². The van der Waals surface area contributed by atoms with Gasteiger partial charge in [0.15, 0.2) is 9.84 Å². The fraction of sp³-hybridized carbons (Fsp3) is 0.333. The zero-order valence-corrected chi connectivity index (χ0v) is 8.88. The van der Waals surface area contributed by atoms with Crippen LogP contribution in [0.25, 0.3) is 0 Å². The number of aromatic hydroxyl groups is 1. The highest BCUT2D eigenvalue weighted by atomic mass is 32.2. The Hall–Kier alpha value is -1.07. The maximum absolute atomic E-state index is 11.4. The Labute approximate surface area is 83.3 Å². The van der Waals surface area contributed by atoms with Crippen LogP contribution < -0.4 is 5.73 Å². The molecule has 0 spiro atoms. The third-order valence-electron chi connectivity index (χ3n) is 1.89. The van der Waals surface area contributed by atoms with E-state index in [0.717, 1.165) is 6.26 Å². The summed E-state index contributed by atoms with van der Waals surface area (Å²) >= 11 is 0. The summed E-state index contributed by atoms with van der Waals surface area (Å²) in [5.41, 5.74) is 6.04. The quantitative estimate of drug-likeness (QED) is 0.765. The molecule has 0 fully saturated rings. The third kappa shape index (κ3) is 2.05. The van der Waals surface area contributed by atoms with Crippen molar-refractivity contribution in [2.45, 2.75) is 17.9 Å². The monoisotopic (exact) mass is 215 g/mol. The molecule has 0 saturated heterocycles. The number of hydrogen-bond donors (Lipinski definition) is 2. The molecular formula is C9H13NO3S. The standard InChI is InChI=1S/C9H13NO3S/c1-6(10)7-4-3-5-8(11)9(7)14(2,12)13/h3-6,11H,10H2,1-2H3. The van der Waals surface area contributed by atoms with Crippen LogP contribution in [-0.4, -0.2) is 19.8 Å². The van der Waals surface area contributed by atoms with E-state index in [2.05, 4.69) is 0 Å². The van der Waals surface area contributed by atoms with Crippen LogP contribution in [-0.2, 0) is 9.84 Å². The summed E-state index contributed by atoms with van der Waals surface area (Å²) in [5.74, 6) is -0.248. The van der Waals surface area contributed by atoms with Gasteiger partial charge in [0, 0.05) is 12.3 Å². The molecule has 4 nitrogen and oxygen atoms in total. The minimum atomic E-state index is -3.44. The molecule has 0 radical (unpaired) electrons. The predicted molar refractivity (Wildman–Crippen MR) is 53.8 cm³/mol. The Morgan fingerprint density at radius 2 is 2.00 bits per heavy atom. The van der Waals surface area contributed by atoms with Gasteiger partial charge in [0.1, 0.15) is 10.6 Å². The second-order valence-electron chi connectivity index (χ2n) is 3.26. The van der Waals surface area contributed by atoms with Crippen LogP contribution in [0.2, 0.25) is 0 Å². The van der Waals surface area contributed by atoms with Crippen LogP contribution in [0.15, 0.2) is 23.1 Å². The molecule has 5 heteroatoms. The topological polar surface area (TPSA) is 80.4 Å². The fourth-order valence-corrected chi connectivity index (χ4v) is 2.43. The van der Waals surface area contributed by atoms with Gasteiger partial charge in [-0.25, -0.2) is 8.42 Å². The lowest BCUT2D eigenvalue weighted by Crippen LogP contribution is -2.11. The van der Waals surface area contributed by atoms with Gasteiger partial charge in [-0.3, -0.25) is 0 Å². The van der Waals surface area contributed by atoms with Gasteiger partial charge in [-0.15, -0.1) is 0 Å². The molecule has 1 aromatic rings. The van der Waals surface area contributed by atoms with Crippen LogP contribution >= 0.6 is 0 Å². The van der Waals surface area contributed by atoms with E-state index >= 15 is 0 Å². The average Bonchev–Trinajstić information content (AvgIpc) is 2.01. The molecule has 1 atom stereocenters. The number of benzene rings is 1. The molecule has 78 valence electrons. The number of hydrogen-bond acceptors (Lipinski definition) is 4. The van der Waals surface area contributed by atoms with E-state index < -0.39 is 15.9 Å². The van der Waals surface area contributed by atoms with E-state index in [1.165, 1.54) is 6.07 Å². The molecule has 1 aromatic carbocycles. The van der Waals surface area contributed by atoms with Crippen molar-refractivity contribution in [3.63, 3.8) is 0 Å². The highest BCUT2D eigenvalue weighted by Gasteiger charge is 2.19. The molecule has 1 rings (SSSR count). The molecule has 0 bridgehead atoms. The lowest BCUT2D eigenvalue weighted by atomic mass is 10.1. The molecule has 0 aromatic heterocycles. The summed E-state index contributed by atoms with van der Waals surface area (Å²) in [6.07, 6.45) is 1.05. The van der Waals surface area contributed by atoms with E-state index in [1.807, 2.05) is 0 Å². The van der Waals surface area contributed by atoms with Gasteiger partial charge in [-0.05, 0) is 18.6 Å². The lowest BCUT2D eigenvalue weighted by molar-refractivity contribution is 0.456. The van der Waals surface area contributed by atoms with Crippen molar-refractivity contribution in [1.29, 1.82) is 0 Å². The van der Waals surface area contributed by atoms with Crippen LogP contribution in [0.1, 0.15) is 18.5 Å². The Morgan fingerprint density at radius 3 is 2.36 bits per heavy atom. The Morgan fingerprint density at radius 1 is 1.43 bits per heavy atom. The summed E-state index contributed by atoms with van der Waals surface area (Å²) in [6, 6.07) is 4.08. The van der Waals surface area contributed by atoms with Gasteiger partial charge in [0.2, 0.25) is 0 Å². The van der Waals surface area contributed by atoms with Crippen molar-refractivity contribution in [3.05, 3.63) is 23.8 Å². The maximum atomic E-state index is 11.4. The summed E-state index contributed by atoms with van der Waals surface area (Å²) in [4.78, 5) is -0.0741. The zero-order valence-electron chi connectivity index (χ0n) is 8.06. The minimum absolute atomic E-state index is 0.0741. The average molecular weight is 215 g/mol. The molecule has 0 amide bonds. The number of nitrogens with two attached hydrogens (primary N) is 1. The van der Waals surface area contributed by atoms with Crippen LogP contribution in [0.3, 0.4) is 0 Å². The highest BCUT2D eigenvalue weighted by molar-refractivity contribution is 7.90. The molecule has 3 N–H and O–H groups in total. The number of sulfone groups is 1. The fourth-order valence-electron chi connectivity index (χ4n) is 1.30. The summed E-state index contributed by atoms with van der Waals surface area (Å²) in [7, 11) is -3.44. The third-order valence-corrected chi connectivity index (χ3v) is 3.07. The van der Waals surface area contributed by atoms with Crippen LogP contribution in [0.5, 0.6) is 5.75 Å². The Balaban J connectivity index is 3.54. The molecule has 0 heterocycles. The summed E-state index contributed by atoms with van der Waals surface area (Å²) in [5, 5.41) is 9.44. The lowest BCUT2D eigenvalue weighted by Gasteiger charge is -2.12. The second kappa shape index (κ2) is 3.59.